The van der Waals surface area contributed by atoms with Crippen LogP contribution in [0.25, 0.3) is 0 Å². The lowest BCUT2D eigenvalue weighted by Gasteiger charge is -2.13. The maximum atomic E-state index is 12.1. The molecule has 1 aromatic carbocycles. The average molecular weight is 327 g/mol. The molecule has 124 valence electrons. The highest BCUT2D eigenvalue weighted by Crippen LogP contribution is 2.25. The molecule has 0 bridgehead atoms. The van der Waals surface area contributed by atoms with E-state index in [0.717, 1.165) is 30.7 Å². The van der Waals surface area contributed by atoms with Gasteiger partial charge in [-0.2, -0.15) is 0 Å². The maximum Gasteiger partial charge on any atom is 0.342 e. The summed E-state index contributed by atoms with van der Waals surface area (Å²) in [5.41, 5.74) is 1.59. The smallest absolute Gasteiger partial charge is 0.342 e. The molecule has 0 atom stereocenters. The van der Waals surface area contributed by atoms with E-state index < -0.39 is 0 Å². The van der Waals surface area contributed by atoms with Crippen molar-refractivity contribution in [2.75, 3.05) is 19.6 Å². The van der Waals surface area contributed by atoms with Crippen molar-refractivity contribution in [2.24, 2.45) is 0 Å². The largest absolute Gasteiger partial charge is 0.496 e. The van der Waals surface area contributed by atoms with Crippen molar-refractivity contribution in [3.05, 3.63) is 29.3 Å². The number of rotatable bonds is 11. The van der Waals surface area contributed by atoms with Gasteiger partial charge in [0.15, 0.2) is 0 Å². The van der Waals surface area contributed by atoms with Crippen molar-refractivity contribution < 1.29 is 14.3 Å². The van der Waals surface area contributed by atoms with Crippen molar-refractivity contribution in [1.29, 1.82) is 0 Å². The molecule has 0 aliphatic rings. The quantitative estimate of drug-likeness (QED) is 0.326. The Kier molecular flexibility index (Phi) is 9.72. The molecular weight excluding hydrogens is 300 g/mol. The summed E-state index contributed by atoms with van der Waals surface area (Å²) in [6, 6.07) is 5.72. The third kappa shape index (κ3) is 6.27. The van der Waals surface area contributed by atoms with Gasteiger partial charge in [0.05, 0.1) is 13.7 Å². The van der Waals surface area contributed by atoms with E-state index in [1.54, 1.807) is 7.11 Å². The summed E-state index contributed by atoms with van der Waals surface area (Å²) in [6.07, 6.45) is 7.87. The minimum Gasteiger partial charge on any atom is -0.496 e. The third-order valence-corrected chi connectivity index (χ3v) is 3.91. The Morgan fingerprint density at radius 1 is 1.09 bits per heavy atom. The number of aryl methyl sites for hydroxylation is 1. The Morgan fingerprint density at radius 2 is 1.77 bits per heavy atom. The van der Waals surface area contributed by atoms with E-state index in [1.807, 2.05) is 25.1 Å². The first kappa shape index (κ1) is 18.8. The van der Waals surface area contributed by atoms with Gasteiger partial charge in [-0.05, 0) is 37.8 Å². The number of halogens is 1. The Balaban J connectivity index is 2.56. The highest BCUT2D eigenvalue weighted by atomic mass is 35.5. The van der Waals surface area contributed by atoms with Crippen LogP contribution in [0.3, 0.4) is 0 Å². The SMILES string of the molecule is CCOC(=O)c1c(CCCCCCCCCl)cccc1OC. The van der Waals surface area contributed by atoms with Crippen LogP contribution in [0.15, 0.2) is 18.2 Å². The molecule has 0 aliphatic heterocycles. The number of methoxy groups -OCH3 is 1. The molecule has 0 aromatic heterocycles. The summed E-state index contributed by atoms with van der Waals surface area (Å²) >= 11 is 5.67. The van der Waals surface area contributed by atoms with Crippen molar-refractivity contribution in [3.8, 4) is 5.75 Å². The molecule has 22 heavy (non-hydrogen) atoms. The van der Waals surface area contributed by atoms with E-state index in [4.69, 9.17) is 21.1 Å². The molecule has 0 saturated heterocycles. The zero-order valence-corrected chi connectivity index (χ0v) is 14.5. The second-order valence-corrected chi connectivity index (χ2v) is 5.65. The molecule has 0 fully saturated rings. The molecule has 1 rings (SSSR count). The molecule has 0 radical (unpaired) electrons. The molecule has 0 aliphatic carbocycles. The predicted molar refractivity (Wildman–Crippen MR) is 91.1 cm³/mol. The van der Waals surface area contributed by atoms with Crippen LogP contribution in [0.5, 0.6) is 5.75 Å². The number of esters is 1. The summed E-state index contributed by atoms with van der Waals surface area (Å²) in [7, 11) is 1.58. The van der Waals surface area contributed by atoms with E-state index >= 15 is 0 Å². The zero-order valence-electron chi connectivity index (χ0n) is 13.7. The molecule has 0 saturated carbocycles. The topological polar surface area (TPSA) is 35.5 Å². The van der Waals surface area contributed by atoms with Gasteiger partial charge in [0.1, 0.15) is 11.3 Å². The first-order valence-electron chi connectivity index (χ1n) is 8.13. The molecule has 1 aromatic rings. The lowest BCUT2D eigenvalue weighted by molar-refractivity contribution is 0.0521. The fourth-order valence-corrected chi connectivity index (χ4v) is 2.70. The van der Waals surface area contributed by atoms with Crippen LogP contribution < -0.4 is 4.74 Å². The lowest BCUT2D eigenvalue weighted by Crippen LogP contribution is -2.10. The summed E-state index contributed by atoms with van der Waals surface area (Å²) in [4.78, 5) is 12.1. The summed E-state index contributed by atoms with van der Waals surface area (Å²) in [5.74, 6) is 1.06. The van der Waals surface area contributed by atoms with Crippen molar-refractivity contribution >= 4 is 17.6 Å². The number of alkyl halides is 1. The second kappa shape index (κ2) is 11.4. The van der Waals surface area contributed by atoms with Gasteiger partial charge in [0, 0.05) is 5.88 Å². The Hall–Kier alpha value is -1.22. The minimum absolute atomic E-state index is 0.294. The molecule has 0 spiro atoms. The number of hydrogen-bond acceptors (Lipinski definition) is 3. The van der Waals surface area contributed by atoms with Crippen LogP contribution in [0.2, 0.25) is 0 Å². The van der Waals surface area contributed by atoms with Gasteiger partial charge in [0.2, 0.25) is 0 Å². The van der Waals surface area contributed by atoms with Gasteiger partial charge >= 0.3 is 5.97 Å². The molecule has 3 nitrogen and oxygen atoms in total. The Labute approximate surface area is 139 Å². The predicted octanol–water partition coefficient (Wildman–Crippen LogP) is 4.99. The van der Waals surface area contributed by atoms with Crippen molar-refractivity contribution in [2.45, 2.75) is 51.9 Å². The van der Waals surface area contributed by atoms with Crippen LogP contribution in [-0.4, -0.2) is 25.6 Å². The first-order chi connectivity index (χ1) is 10.7. The number of ether oxygens (including phenoxy) is 2. The number of unbranched alkanes of at least 4 members (excludes halogenated alkanes) is 5. The van der Waals surface area contributed by atoms with Crippen LogP contribution in [0.1, 0.15) is 61.4 Å². The highest BCUT2D eigenvalue weighted by Gasteiger charge is 2.17. The third-order valence-electron chi connectivity index (χ3n) is 3.64. The first-order valence-corrected chi connectivity index (χ1v) is 8.67. The van der Waals surface area contributed by atoms with Gasteiger partial charge in [-0.15, -0.1) is 11.6 Å². The summed E-state index contributed by atoms with van der Waals surface area (Å²) in [5, 5.41) is 0. The van der Waals surface area contributed by atoms with Gasteiger partial charge in [0.25, 0.3) is 0 Å². The molecular formula is C18H27ClO3. The molecule has 0 N–H and O–H groups in total. The zero-order chi connectivity index (χ0) is 16.2. The normalized spacial score (nSPS) is 10.5. The fourth-order valence-electron chi connectivity index (χ4n) is 2.51. The fraction of sp³-hybridized carbons (Fsp3) is 0.611. The molecule has 0 heterocycles. The van der Waals surface area contributed by atoms with Crippen molar-refractivity contribution in [3.63, 3.8) is 0 Å². The van der Waals surface area contributed by atoms with Gasteiger partial charge in [-0.1, -0.05) is 37.8 Å². The van der Waals surface area contributed by atoms with Gasteiger partial charge < -0.3 is 9.47 Å². The maximum absolute atomic E-state index is 12.1. The van der Waals surface area contributed by atoms with E-state index in [0.29, 0.717) is 17.9 Å². The summed E-state index contributed by atoms with van der Waals surface area (Å²) < 4.78 is 10.5. The van der Waals surface area contributed by atoms with E-state index in [2.05, 4.69) is 0 Å². The highest BCUT2D eigenvalue weighted by molar-refractivity contribution is 6.17. The number of hydrogen-bond donors (Lipinski definition) is 0. The van der Waals surface area contributed by atoms with E-state index in [1.165, 1.54) is 25.7 Å². The second-order valence-electron chi connectivity index (χ2n) is 5.28. The lowest BCUT2D eigenvalue weighted by atomic mass is 9.99. The number of benzene rings is 1. The van der Waals surface area contributed by atoms with Crippen LogP contribution in [0.4, 0.5) is 0 Å². The molecule has 0 amide bonds. The van der Waals surface area contributed by atoms with Crippen LogP contribution in [0, 0.1) is 0 Å². The Bertz CT molecular complexity index is 446. The van der Waals surface area contributed by atoms with Crippen LogP contribution >= 0.6 is 11.6 Å². The monoisotopic (exact) mass is 326 g/mol. The standard InChI is InChI=1S/C18H27ClO3/c1-3-22-18(20)17-15(12-10-13-16(17)21-2)11-8-6-4-5-7-9-14-19/h10,12-13H,3-9,11,14H2,1-2H3. The van der Waals surface area contributed by atoms with Crippen LogP contribution in [-0.2, 0) is 11.2 Å². The van der Waals surface area contributed by atoms with Gasteiger partial charge in [-0.3, -0.25) is 0 Å². The van der Waals surface area contributed by atoms with E-state index in [9.17, 15) is 4.79 Å². The Morgan fingerprint density at radius 3 is 2.41 bits per heavy atom. The molecule has 0 unspecified atom stereocenters. The van der Waals surface area contributed by atoms with Crippen molar-refractivity contribution in [1.82, 2.24) is 0 Å². The average Bonchev–Trinajstić information content (AvgIpc) is 2.53. The summed E-state index contributed by atoms with van der Waals surface area (Å²) in [6.45, 7) is 2.19. The number of carbonyl (C=O) groups excluding carboxylic acids is 1. The van der Waals surface area contributed by atoms with E-state index in [-0.39, 0.29) is 5.97 Å². The molecule has 4 heteroatoms. The van der Waals surface area contributed by atoms with Gasteiger partial charge in [-0.25, -0.2) is 4.79 Å². The number of carbonyl (C=O) groups is 1. The minimum atomic E-state index is -0.294.